The van der Waals surface area contributed by atoms with Gasteiger partial charge >= 0.3 is 14.0 Å². The molecule has 0 spiro atoms. The lowest BCUT2D eigenvalue weighted by Crippen LogP contribution is -2.49. The lowest BCUT2D eigenvalue weighted by Gasteiger charge is -2.40. The Morgan fingerprint density at radius 1 is 1.35 bits per heavy atom. The molecule has 0 aromatic rings. The molecule has 0 atom stereocenters. The number of alkyl halides is 2. The summed E-state index contributed by atoms with van der Waals surface area (Å²) in [6.45, 7) is 8.43. The molecule has 0 aromatic heterocycles. The molecule has 0 rings (SSSR count). The van der Waals surface area contributed by atoms with Crippen molar-refractivity contribution in [3.05, 3.63) is 17.8 Å². The van der Waals surface area contributed by atoms with Gasteiger partial charge in [0.15, 0.2) is 0 Å². The minimum absolute atomic E-state index is 0.157. The van der Waals surface area contributed by atoms with Crippen LogP contribution in [-0.2, 0) is 9.39 Å². The zero-order valence-electron chi connectivity index (χ0n) is 13.0. The van der Waals surface area contributed by atoms with Crippen molar-refractivity contribution in [2.24, 2.45) is 5.10 Å². The minimum atomic E-state index is -2.65. The summed E-state index contributed by atoms with van der Waals surface area (Å²) >= 11 is 0. The predicted molar refractivity (Wildman–Crippen MR) is 78.3 cm³/mol. The summed E-state index contributed by atoms with van der Waals surface area (Å²) in [7, 11) is 2.94. The molecule has 4 nitrogen and oxygen atoms in total. The Labute approximate surface area is 120 Å². The molecule has 114 valence electrons. The Morgan fingerprint density at radius 3 is 2.30 bits per heavy atom. The zero-order valence-corrected chi connectivity index (χ0v) is 13.0. The Hall–Kier alpha value is -1.17. The van der Waals surface area contributed by atoms with E-state index in [1.54, 1.807) is 7.11 Å². The molecule has 0 aliphatic rings. The number of ether oxygens (including phenoxy) is 1. The monoisotopic (exact) mass is 288 g/mol. The van der Waals surface area contributed by atoms with Crippen LogP contribution in [0.4, 0.5) is 8.78 Å². The number of nitrogens with zero attached hydrogens (tertiary/aromatic N) is 2. The van der Waals surface area contributed by atoms with Gasteiger partial charge in [0.2, 0.25) is 0 Å². The summed E-state index contributed by atoms with van der Waals surface area (Å²) in [4.78, 5) is 0. The smallest absolute Gasteiger partial charge is 0.329 e. The van der Waals surface area contributed by atoms with E-state index in [2.05, 4.69) is 17.4 Å². The van der Waals surface area contributed by atoms with Gasteiger partial charge in [-0.25, -0.2) is 5.01 Å². The van der Waals surface area contributed by atoms with Crippen LogP contribution in [0.1, 0.15) is 27.7 Å². The van der Waals surface area contributed by atoms with Gasteiger partial charge in [0.25, 0.3) is 0 Å². The van der Waals surface area contributed by atoms with E-state index in [4.69, 9.17) is 9.39 Å². The summed E-state index contributed by atoms with van der Waals surface area (Å²) in [5, 5.41) is 4.13. The highest BCUT2D eigenvalue weighted by Gasteiger charge is 2.37. The number of halogens is 2. The van der Waals surface area contributed by atoms with Crippen molar-refractivity contribution in [3.63, 3.8) is 0 Å². The van der Waals surface area contributed by atoms with Gasteiger partial charge in [-0.15, -0.1) is 5.73 Å². The van der Waals surface area contributed by atoms with Crippen LogP contribution in [0, 0.1) is 0 Å². The van der Waals surface area contributed by atoms with Gasteiger partial charge in [-0.2, -0.15) is 13.9 Å². The fourth-order valence-corrected chi connectivity index (χ4v) is 1.02. The molecule has 0 aromatic carbocycles. The quantitative estimate of drug-likeness (QED) is 0.226. The highest BCUT2D eigenvalue weighted by Crippen LogP contribution is 2.28. The summed E-state index contributed by atoms with van der Waals surface area (Å²) in [5.41, 5.74) is 2.02. The molecule has 0 fully saturated rings. The third kappa shape index (κ3) is 5.45. The molecule has 20 heavy (non-hydrogen) atoms. The molecule has 0 N–H and O–H groups in total. The summed E-state index contributed by atoms with van der Waals surface area (Å²) < 4.78 is 35.7. The second-order valence-corrected chi connectivity index (χ2v) is 5.31. The molecule has 0 aliphatic carbocycles. The third-order valence-corrected chi connectivity index (χ3v) is 3.45. The molecule has 0 saturated carbocycles. The van der Waals surface area contributed by atoms with Crippen LogP contribution in [0.5, 0.6) is 0 Å². The lowest BCUT2D eigenvalue weighted by atomic mass is 9.83. The average molecular weight is 288 g/mol. The fraction of sp³-hybridized carbons (Fsp3) is 0.692. The molecule has 0 saturated heterocycles. The SMILES string of the molecule is C=C=C(BOC(C)(C)C(C)(C)OC)/C=N\N(C)C(F)F. The highest BCUT2D eigenvalue weighted by atomic mass is 19.3. The lowest BCUT2D eigenvalue weighted by molar-refractivity contribution is -0.114. The van der Waals surface area contributed by atoms with Crippen LogP contribution in [0.3, 0.4) is 0 Å². The molecule has 0 amide bonds. The predicted octanol–water partition coefficient (Wildman–Crippen LogP) is 2.37. The summed E-state index contributed by atoms with van der Waals surface area (Å²) in [5.74, 6) is 0. The largest absolute Gasteiger partial charge is 0.426 e. The number of hydrogen-bond acceptors (Lipinski definition) is 4. The van der Waals surface area contributed by atoms with Gasteiger partial charge in [0, 0.05) is 19.6 Å². The molecule has 0 aliphatic heterocycles. The average Bonchev–Trinajstić information content (AvgIpc) is 2.38. The Morgan fingerprint density at radius 2 is 1.90 bits per heavy atom. The Kier molecular flexibility index (Phi) is 7.13. The third-order valence-electron chi connectivity index (χ3n) is 3.45. The van der Waals surface area contributed by atoms with E-state index in [1.807, 2.05) is 27.7 Å². The first-order valence-corrected chi connectivity index (χ1v) is 6.20. The van der Waals surface area contributed by atoms with Gasteiger partial charge in [0.05, 0.1) is 17.4 Å². The molecule has 0 bridgehead atoms. The van der Waals surface area contributed by atoms with E-state index in [0.29, 0.717) is 10.5 Å². The van der Waals surface area contributed by atoms with E-state index in [1.165, 1.54) is 13.3 Å². The second-order valence-electron chi connectivity index (χ2n) is 5.31. The van der Waals surface area contributed by atoms with Gasteiger partial charge in [-0.3, -0.25) is 0 Å². The number of hydrogen-bond donors (Lipinski definition) is 0. The number of rotatable bonds is 8. The molecule has 0 heterocycles. The van der Waals surface area contributed by atoms with E-state index in [-0.39, 0.29) is 7.48 Å². The maximum atomic E-state index is 12.3. The number of allylic oxidation sites excluding steroid dienone is 1. The van der Waals surface area contributed by atoms with E-state index < -0.39 is 17.8 Å². The van der Waals surface area contributed by atoms with Crippen LogP contribution in [-0.4, -0.2) is 50.6 Å². The van der Waals surface area contributed by atoms with E-state index in [0.717, 1.165) is 0 Å². The van der Waals surface area contributed by atoms with Gasteiger partial charge in [0.1, 0.15) is 0 Å². The minimum Gasteiger partial charge on any atom is -0.426 e. The zero-order chi connectivity index (χ0) is 16.0. The van der Waals surface area contributed by atoms with Crippen molar-refractivity contribution in [3.8, 4) is 0 Å². The van der Waals surface area contributed by atoms with Crippen LogP contribution in [0.15, 0.2) is 22.9 Å². The van der Waals surface area contributed by atoms with Crippen molar-refractivity contribution in [1.29, 1.82) is 0 Å². The Bertz CT molecular complexity index is 392. The van der Waals surface area contributed by atoms with E-state index in [9.17, 15) is 8.78 Å². The van der Waals surface area contributed by atoms with Crippen LogP contribution in [0.2, 0.25) is 0 Å². The Balaban J connectivity index is 4.67. The molecular weight excluding hydrogens is 265 g/mol. The van der Waals surface area contributed by atoms with Gasteiger partial charge in [-0.05, 0) is 27.7 Å². The van der Waals surface area contributed by atoms with Gasteiger partial charge < -0.3 is 9.39 Å². The highest BCUT2D eigenvalue weighted by molar-refractivity contribution is 6.46. The van der Waals surface area contributed by atoms with Crippen molar-refractivity contribution < 1.29 is 18.2 Å². The van der Waals surface area contributed by atoms with Crippen LogP contribution >= 0.6 is 0 Å². The summed E-state index contributed by atoms with van der Waals surface area (Å²) in [6.07, 6.45) is 1.26. The molecule has 7 heteroatoms. The molecular formula is C13H23BF2N2O2. The molecule has 0 radical (unpaired) electrons. The topological polar surface area (TPSA) is 34.1 Å². The van der Waals surface area contributed by atoms with Gasteiger partial charge in [-0.1, -0.05) is 6.58 Å². The first kappa shape index (κ1) is 18.8. The maximum absolute atomic E-state index is 12.3. The standard InChI is InChI=1S/C13H23BF2N2O2/c1-8-10(9-17-18(6)11(15)16)14-20-13(4,5)12(2,3)19-7/h9,11,14H,1H2,2-7H3/b17-9-. The fourth-order valence-electron chi connectivity index (χ4n) is 1.02. The first-order valence-electron chi connectivity index (χ1n) is 6.20. The first-order chi connectivity index (χ1) is 9.07. The number of methoxy groups -OCH3 is 1. The number of hydrazone groups is 1. The van der Waals surface area contributed by atoms with E-state index >= 15 is 0 Å². The second kappa shape index (κ2) is 7.57. The van der Waals surface area contributed by atoms with Crippen LogP contribution < -0.4 is 0 Å². The van der Waals surface area contributed by atoms with Crippen molar-refractivity contribution >= 4 is 13.7 Å². The maximum Gasteiger partial charge on any atom is 0.329 e. The van der Waals surface area contributed by atoms with Crippen molar-refractivity contribution in [2.75, 3.05) is 14.2 Å². The molecule has 0 unspecified atom stereocenters. The normalized spacial score (nSPS) is 12.7. The summed E-state index contributed by atoms with van der Waals surface area (Å²) in [6, 6.07) is 0. The van der Waals surface area contributed by atoms with Crippen molar-refractivity contribution in [1.82, 2.24) is 5.01 Å². The van der Waals surface area contributed by atoms with Crippen molar-refractivity contribution in [2.45, 2.75) is 45.4 Å². The van der Waals surface area contributed by atoms with Crippen LogP contribution in [0.25, 0.3) is 0 Å².